The van der Waals surface area contributed by atoms with Gasteiger partial charge in [-0.1, -0.05) is 49.2 Å². The first kappa shape index (κ1) is 21.0. The quantitative estimate of drug-likeness (QED) is 0.469. The zero-order valence-electron chi connectivity index (χ0n) is 17.9. The molecule has 4 aromatic rings. The summed E-state index contributed by atoms with van der Waals surface area (Å²) in [6, 6.07) is 11.6. The lowest BCUT2D eigenvalue weighted by Crippen LogP contribution is -2.31. The molecule has 160 valence electrons. The largest absolute Gasteiger partial charge is 0.277 e. The third kappa shape index (κ3) is 4.29. The third-order valence-corrected chi connectivity index (χ3v) is 6.12. The molecule has 1 aromatic carbocycles. The number of aromatic amines is 1. The normalized spacial score (nSPS) is 11.2. The molecular weight excluding hydrogens is 410 g/mol. The summed E-state index contributed by atoms with van der Waals surface area (Å²) in [6.45, 7) is 6.27. The van der Waals surface area contributed by atoms with E-state index >= 15 is 0 Å². The predicted molar refractivity (Wildman–Crippen MR) is 123 cm³/mol. The second-order valence-electron chi connectivity index (χ2n) is 7.62. The van der Waals surface area contributed by atoms with Gasteiger partial charge >= 0.3 is 0 Å². The molecule has 0 aliphatic heterocycles. The molecule has 1 amide bonds. The van der Waals surface area contributed by atoms with Gasteiger partial charge in [-0.2, -0.15) is 9.50 Å². The Labute approximate surface area is 184 Å². The van der Waals surface area contributed by atoms with E-state index in [1.165, 1.54) is 15.9 Å². The Morgan fingerprint density at radius 3 is 2.61 bits per heavy atom. The van der Waals surface area contributed by atoms with Gasteiger partial charge in [-0.05, 0) is 43.7 Å². The van der Waals surface area contributed by atoms with Crippen LogP contribution < -0.4 is 10.5 Å². The lowest BCUT2D eigenvalue weighted by molar-refractivity contribution is 0.0987. The number of carbonyl (C=O) groups is 1. The highest BCUT2D eigenvalue weighted by molar-refractivity contribution is 7.12. The van der Waals surface area contributed by atoms with Crippen LogP contribution in [0.1, 0.15) is 51.8 Å². The standard InChI is InChI=1S/C23H25N5O2S/c1-4-5-7-18-16(3)24-22-25-23(26-28(22)20(18)29)27(21(30)19-8-6-13-31-19)14-17-11-9-15(2)10-12-17/h6,8-13H,4-5,7,14H2,1-3H3,(H,24,25,26). The Hall–Kier alpha value is -3.26. The molecule has 0 saturated carbocycles. The molecule has 0 saturated heterocycles. The van der Waals surface area contributed by atoms with E-state index in [4.69, 9.17) is 0 Å². The molecule has 0 unspecified atom stereocenters. The number of anilines is 1. The number of nitrogens with one attached hydrogen (secondary N) is 1. The van der Waals surface area contributed by atoms with Gasteiger partial charge in [0.25, 0.3) is 17.2 Å². The number of fused-ring (bicyclic) bond motifs is 1. The van der Waals surface area contributed by atoms with Crippen LogP contribution in [0.5, 0.6) is 0 Å². The third-order valence-electron chi connectivity index (χ3n) is 5.26. The van der Waals surface area contributed by atoms with E-state index in [9.17, 15) is 9.59 Å². The van der Waals surface area contributed by atoms with E-state index in [1.807, 2.05) is 49.6 Å². The Morgan fingerprint density at radius 2 is 1.94 bits per heavy atom. The molecule has 3 heterocycles. The second kappa shape index (κ2) is 8.85. The molecule has 3 aromatic heterocycles. The molecule has 0 atom stereocenters. The highest BCUT2D eigenvalue weighted by atomic mass is 32.1. The van der Waals surface area contributed by atoms with Crippen LogP contribution in [0.3, 0.4) is 0 Å². The Bertz CT molecular complexity index is 1260. The molecule has 0 bridgehead atoms. The van der Waals surface area contributed by atoms with Crippen LogP contribution >= 0.6 is 11.3 Å². The van der Waals surface area contributed by atoms with E-state index < -0.39 is 0 Å². The van der Waals surface area contributed by atoms with Gasteiger partial charge in [-0.3, -0.25) is 19.6 Å². The molecular formula is C23H25N5O2S. The average molecular weight is 436 g/mol. The number of benzene rings is 1. The number of aryl methyl sites for hydroxylation is 2. The van der Waals surface area contributed by atoms with Gasteiger partial charge in [-0.15, -0.1) is 11.3 Å². The van der Waals surface area contributed by atoms with Crippen LogP contribution in [0.25, 0.3) is 5.78 Å². The number of carbonyl (C=O) groups excluding carboxylic acids is 1. The smallest absolute Gasteiger partial charge is 0.272 e. The fraction of sp³-hybridized carbons (Fsp3) is 0.304. The molecule has 0 fully saturated rings. The fourth-order valence-electron chi connectivity index (χ4n) is 3.46. The van der Waals surface area contributed by atoms with Crippen molar-refractivity contribution in [3.8, 4) is 0 Å². The molecule has 0 aliphatic carbocycles. The minimum Gasteiger partial charge on any atom is -0.272 e. The van der Waals surface area contributed by atoms with Crippen molar-refractivity contribution in [1.29, 1.82) is 0 Å². The minimum atomic E-state index is -0.175. The van der Waals surface area contributed by atoms with Gasteiger partial charge in [0.2, 0.25) is 5.95 Å². The average Bonchev–Trinajstić information content (AvgIpc) is 3.43. The molecule has 31 heavy (non-hydrogen) atoms. The van der Waals surface area contributed by atoms with E-state index in [0.717, 1.165) is 24.0 Å². The number of rotatable bonds is 7. The molecule has 7 nitrogen and oxygen atoms in total. The van der Waals surface area contributed by atoms with Crippen LogP contribution in [0, 0.1) is 13.8 Å². The maximum absolute atomic E-state index is 13.3. The molecule has 8 heteroatoms. The number of amides is 1. The lowest BCUT2D eigenvalue weighted by atomic mass is 10.1. The molecule has 0 spiro atoms. The number of thiophene rings is 1. The van der Waals surface area contributed by atoms with Crippen molar-refractivity contribution in [2.24, 2.45) is 0 Å². The summed E-state index contributed by atoms with van der Waals surface area (Å²) in [5.41, 5.74) is 3.33. The number of hydrogen-bond acceptors (Lipinski definition) is 5. The van der Waals surface area contributed by atoms with Crippen molar-refractivity contribution < 1.29 is 4.79 Å². The molecule has 4 rings (SSSR count). The first-order valence-electron chi connectivity index (χ1n) is 10.4. The van der Waals surface area contributed by atoms with Crippen molar-refractivity contribution >= 4 is 29.0 Å². The summed E-state index contributed by atoms with van der Waals surface area (Å²) in [6.07, 6.45) is 2.59. The molecule has 0 aliphatic rings. The van der Waals surface area contributed by atoms with Crippen molar-refractivity contribution in [3.63, 3.8) is 0 Å². The summed E-state index contributed by atoms with van der Waals surface area (Å²) in [5.74, 6) is 0.395. The highest BCUT2D eigenvalue weighted by Gasteiger charge is 2.23. The number of unbranched alkanes of at least 4 members (excludes halogenated alkanes) is 1. The first-order valence-corrected chi connectivity index (χ1v) is 11.2. The van der Waals surface area contributed by atoms with Crippen molar-refractivity contribution in [3.05, 3.63) is 79.4 Å². The van der Waals surface area contributed by atoms with Crippen molar-refractivity contribution in [2.75, 3.05) is 4.90 Å². The van der Waals surface area contributed by atoms with Crippen LogP contribution in [0.15, 0.2) is 46.6 Å². The van der Waals surface area contributed by atoms with E-state index in [2.05, 4.69) is 22.0 Å². The van der Waals surface area contributed by atoms with Gasteiger partial charge < -0.3 is 0 Å². The Kier molecular flexibility index (Phi) is 5.99. The van der Waals surface area contributed by atoms with E-state index in [1.54, 1.807) is 11.0 Å². The van der Waals surface area contributed by atoms with E-state index in [-0.39, 0.29) is 17.2 Å². The zero-order valence-corrected chi connectivity index (χ0v) is 18.7. The summed E-state index contributed by atoms with van der Waals surface area (Å²) in [7, 11) is 0. The van der Waals surface area contributed by atoms with Crippen LogP contribution in [0.4, 0.5) is 5.95 Å². The van der Waals surface area contributed by atoms with Gasteiger partial charge in [0.15, 0.2) is 0 Å². The Balaban J connectivity index is 1.78. The second-order valence-corrected chi connectivity index (χ2v) is 8.57. The first-order chi connectivity index (χ1) is 15.0. The summed E-state index contributed by atoms with van der Waals surface area (Å²) in [4.78, 5) is 37.5. The number of nitrogens with zero attached hydrogens (tertiary/aromatic N) is 4. The van der Waals surface area contributed by atoms with Gasteiger partial charge in [0.1, 0.15) is 0 Å². The van der Waals surface area contributed by atoms with E-state index in [0.29, 0.717) is 35.0 Å². The molecule has 0 radical (unpaired) electrons. The summed E-state index contributed by atoms with van der Waals surface area (Å²) >= 11 is 1.37. The summed E-state index contributed by atoms with van der Waals surface area (Å²) < 4.78 is 1.34. The Morgan fingerprint density at radius 1 is 1.16 bits per heavy atom. The van der Waals surface area contributed by atoms with Crippen LogP contribution in [0.2, 0.25) is 0 Å². The fourth-order valence-corrected chi connectivity index (χ4v) is 4.13. The predicted octanol–water partition coefficient (Wildman–Crippen LogP) is 4.29. The van der Waals surface area contributed by atoms with Crippen LogP contribution in [-0.2, 0) is 13.0 Å². The zero-order chi connectivity index (χ0) is 22.0. The SMILES string of the molecule is CCCCc1c(C)nc2nc(N(Cc3ccc(C)cc3)C(=O)c3cccs3)[nH]n2c1=O. The van der Waals surface area contributed by atoms with Gasteiger partial charge in [0.05, 0.1) is 17.1 Å². The number of hydrogen-bond donors (Lipinski definition) is 1. The van der Waals surface area contributed by atoms with Gasteiger partial charge in [-0.25, -0.2) is 4.98 Å². The summed E-state index contributed by atoms with van der Waals surface area (Å²) in [5, 5.41) is 4.89. The highest BCUT2D eigenvalue weighted by Crippen LogP contribution is 2.20. The van der Waals surface area contributed by atoms with Crippen molar-refractivity contribution in [1.82, 2.24) is 19.6 Å². The topological polar surface area (TPSA) is 83.4 Å². The monoisotopic (exact) mass is 435 g/mol. The minimum absolute atomic E-state index is 0.159. The maximum Gasteiger partial charge on any atom is 0.277 e. The molecule has 1 N–H and O–H groups in total. The maximum atomic E-state index is 13.3. The lowest BCUT2D eigenvalue weighted by Gasteiger charge is -2.19. The van der Waals surface area contributed by atoms with Crippen molar-refractivity contribution in [2.45, 2.75) is 46.6 Å². The van der Waals surface area contributed by atoms with Gasteiger partial charge in [0, 0.05) is 5.56 Å². The number of H-pyrrole nitrogens is 1. The van der Waals surface area contributed by atoms with Crippen LogP contribution in [-0.4, -0.2) is 25.5 Å². The number of aromatic nitrogens is 4.